The van der Waals surface area contributed by atoms with Crippen molar-refractivity contribution in [3.63, 3.8) is 0 Å². The molecule has 0 spiro atoms. The minimum atomic E-state index is -1.52. The van der Waals surface area contributed by atoms with Gasteiger partial charge < -0.3 is 0 Å². The quantitative estimate of drug-likeness (QED) is 0.419. The second kappa shape index (κ2) is 2.76. The lowest BCUT2D eigenvalue weighted by Gasteiger charge is -2.31. The molecular formula is C6H14BPS. The maximum Gasteiger partial charge on any atom is 0.125 e. The highest BCUT2D eigenvalue weighted by Crippen LogP contribution is 2.52. The number of hydrogen-bond donors (Lipinski definition) is 0. The summed E-state index contributed by atoms with van der Waals surface area (Å²) in [6, 6.07) is 0. The van der Waals surface area contributed by atoms with Crippen LogP contribution >= 0.6 is 5.92 Å². The lowest BCUT2D eigenvalue weighted by atomic mass is 10.3. The summed E-state index contributed by atoms with van der Waals surface area (Å²) in [7, 11) is 5.92. The Bertz CT molecular complexity index is 136. The molecule has 0 nitrogen and oxygen atoms in total. The Labute approximate surface area is 64.8 Å². The Morgan fingerprint density at radius 2 is 1.78 bits per heavy atom. The van der Waals surface area contributed by atoms with Gasteiger partial charge in [-0.15, -0.1) is 11.8 Å². The zero-order chi connectivity index (χ0) is 7.71. The van der Waals surface area contributed by atoms with Crippen molar-refractivity contribution in [1.29, 1.82) is 0 Å². The van der Waals surface area contributed by atoms with E-state index in [0.717, 1.165) is 6.16 Å². The van der Waals surface area contributed by atoms with Crippen LogP contribution < -0.4 is 0 Å². The molecule has 0 bridgehead atoms. The summed E-state index contributed by atoms with van der Waals surface area (Å²) in [6.45, 7) is 8.44. The van der Waals surface area contributed by atoms with Crippen molar-refractivity contribution >= 4 is 25.3 Å². The zero-order valence-electron chi connectivity index (χ0n) is 6.64. The molecule has 1 atom stereocenters. The highest BCUT2D eigenvalue weighted by atomic mass is 32.4. The first kappa shape index (κ1) is 9.71. The molecule has 0 aliphatic carbocycles. The van der Waals surface area contributed by atoms with E-state index in [1.807, 2.05) is 0 Å². The third kappa shape index (κ3) is 2.43. The Hall–Kier alpha value is 0.715. The molecule has 0 saturated carbocycles. The van der Waals surface area contributed by atoms with Crippen molar-refractivity contribution in [3.8, 4) is 0 Å². The molecule has 1 unspecified atom stereocenters. The highest BCUT2D eigenvalue weighted by Gasteiger charge is 2.23. The highest BCUT2D eigenvalue weighted by molar-refractivity contribution is 8.26. The fourth-order valence-corrected chi connectivity index (χ4v) is 1.42. The minimum absolute atomic E-state index is 0.150. The molecular weight excluding hydrogens is 146 g/mol. The van der Waals surface area contributed by atoms with Gasteiger partial charge in [-0.25, -0.2) is 0 Å². The van der Waals surface area contributed by atoms with E-state index in [4.69, 9.17) is 19.4 Å². The van der Waals surface area contributed by atoms with Gasteiger partial charge in [0.2, 0.25) is 0 Å². The third-order valence-corrected chi connectivity index (χ3v) is 7.23. The van der Waals surface area contributed by atoms with Gasteiger partial charge in [0.15, 0.2) is 0 Å². The van der Waals surface area contributed by atoms with Crippen LogP contribution in [0.2, 0.25) is 0 Å². The molecule has 0 heterocycles. The largest absolute Gasteiger partial charge is 0.125 e. The lowest BCUT2D eigenvalue weighted by molar-refractivity contribution is 0.789. The molecule has 52 valence electrons. The SMILES string of the molecule is [B]P(=S)(CC)C(C)(C)C. The van der Waals surface area contributed by atoms with Gasteiger partial charge in [-0.2, -0.15) is 0 Å². The van der Waals surface area contributed by atoms with Gasteiger partial charge in [0.1, 0.15) is 7.57 Å². The van der Waals surface area contributed by atoms with Crippen LogP contribution in [0.5, 0.6) is 0 Å². The van der Waals surface area contributed by atoms with Crippen LogP contribution in [-0.4, -0.2) is 18.9 Å². The predicted molar refractivity (Wildman–Crippen MR) is 50.3 cm³/mol. The maximum atomic E-state index is 5.92. The first-order valence-corrected chi connectivity index (χ1v) is 6.24. The summed E-state index contributed by atoms with van der Waals surface area (Å²) in [5.74, 6) is -1.52. The molecule has 0 fully saturated rings. The normalized spacial score (nSPS) is 19.1. The fourth-order valence-electron chi connectivity index (χ4n) is 0.474. The second-order valence-corrected chi connectivity index (χ2v) is 8.80. The number of hydrogen-bond acceptors (Lipinski definition) is 1. The van der Waals surface area contributed by atoms with Gasteiger partial charge >= 0.3 is 0 Å². The molecule has 0 saturated heterocycles. The molecule has 2 radical (unpaired) electrons. The maximum absolute atomic E-state index is 5.92. The van der Waals surface area contributed by atoms with Gasteiger partial charge in [0, 0.05) is 0 Å². The number of rotatable bonds is 1. The summed E-state index contributed by atoms with van der Waals surface area (Å²) >= 11 is 5.27. The molecule has 0 aromatic carbocycles. The van der Waals surface area contributed by atoms with E-state index in [9.17, 15) is 0 Å². The van der Waals surface area contributed by atoms with Crippen LogP contribution in [0.15, 0.2) is 0 Å². The Balaban J connectivity index is 4.35. The summed E-state index contributed by atoms with van der Waals surface area (Å²) < 4.78 is 0. The molecule has 0 aromatic rings. The van der Waals surface area contributed by atoms with E-state index < -0.39 is 5.92 Å². The Kier molecular flexibility index (Phi) is 2.98. The molecule has 0 N–H and O–H groups in total. The summed E-state index contributed by atoms with van der Waals surface area (Å²) in [4.78, 5) is 0. The summed E-state index contributed by atoms with van der Waals surface area (Å²) in [5.41, 5.74) is 0. The second-order valence-electron chi connectivity index (χ2n) is 3.28. The zero-order valence-corrected chi connectivity index (χ0v) is 8.35. The molecule has 3 heteroatoms. The van der Waals surface area contributed by atoms with Crippen molar-refractivity contribution in [2.24, 2.45) is 0 Å². The van der Waals surface area contributed by atoms with E-state index in [0.29, 0.717) is 0 Å². The van der Waals surface area contributed by atoms with Crippen molar-refractivity contribution < 1.29 is 0 Å². The van der Waals surface area contributed by atoms with E-state index >= 15 is 0 Å². The van der Waals surface area contributed by atoms with Gasteiger partial charge in [-0.05, 0) is 11.3 Å². The third-order valence-electron chi connectivity index (χ3n) is 1.61. The van der Waals surface area contributed by atoms with Gasteiger partial charge in [0.25, 0.3) is 0 Å². The van der Waals surface area contributed by atoms with E-state index in [-0.39, 0.29) is 5.16 Å². The van der Waals surface area contributed by atoms with Crippen LogP contribution in [0.4, 0.5) is 0 Å². The van der Waals surface area contributed by atoms with Crippen molar-refractivity contribution in [3.05, 3.63) is 0 Å². The van der Waals surface area contributed by atoms with E-state index in [2.05, 4.69) is 27.7 Å². The first-order chi connectivity index (χ1) is 3.81. The summed E-state index contributed by atoms with van der Waals surface area (Å²) in [5, 5.41) is 0.150. The predicted octanol–water partition coefficient (Wildman–Crippen LogP) is 2.37. The van der Waals surface area contributed by atoms with Gasteiger partial charge in [-0.1, -0.05) is 33.6 Å². The average Bonchev–Trinajstić information content (AvgIpc) is 1.64. The molecule has 0 rings (SSSR count). The topological polar surface area (TPSA) is 0 Å². The molecule has 0 aromatic heterocycles. The van der Waals surface area contributed by atoms with Crippen LogP contribution in [0.3, 0.4) is 0 Å². The van der Waals surface area contributed by atoms with Crippen LogP contribution in [0, 0.1) is 0 Å². The van der Waals surface area contributed by atoms with Gasteiger partial charge in [0.05, 0.1) is 0 Å². The first-order valence-electron chi connectivity index (χ1n) is 3.19. The summed E-state index contributed by atoms with van der Waals surface area (Å²) in [6.07, 6.45) is 0.964. The molecule has 9 heavy (non-hydrogen) atoms. The monoisotopic (exact) mass is 160 g/mol. The van der Waals surface area contributed by atoms with E-state index in [1.54, 1.807) is 0 Å². The Morgan fingerprint density at radius 3 is 1.78 bits per heavy atom. The van der Waals surface area contributed by atoms with Crippen LogP contribution in [-0.2, 0) is 11.8 Å². The Morgan fingerprint density at radius 1 is 1.44 bits per heavy atom. The lowest BCUT2D eigenvalue weighted by Crippen LogP contribution is -2.15. The van der Waals surface area contributed by atoms with Crippen LogP contribution in [0.1, 0.15) is 27.7 Å². The average molecular weight is 160 g/mol. The van der Waals surface area contributed by atoms with Crippen LogP contribution in [0.25, 0.3) is 0 Å². The fraction of sp³-hybridized carbons (Fsp3) is 1.00. The van der Waals surface area contributed by atoms with Gasteiger partial charge in [-0.3, -0.25) is 0 Å². The standard InChI is InChI=1S/C6H14BPS/c1-5-8(7,9)6(2,3)4/h5H2,1-4H3. The molecule has 0 aliphatic rings. The van der Waals surface area contributed by atoms with E-state index in [1.165, 1.54) is 0 Å². The van der Waals surface area contributed by atoms with Crippen molar-refractivity contribution in [2.75, 3.05) is 6.16 Å². The molecule has 0 aliphatic heterocycles. The smallest absolute Gasteiger partial charge is 0.108 e. The minimum Gasteiger partial charge on any atom is -0.108 e. The van der Waals surface area contributed by atoms with Crippen molar-refractivity contribution in [2.45, 2.75) is 32.9 Å². The molecule has 0 amide bonds. The van der Waals surface area contributed by atoms with Crippen molar-refractivity contribution in [1.82, 2.24) is 0 Å².